The minimum Gasteiger partial charge on any atom is -0.480 e. The molecule has 0 saturated heterocycles. The van der Waals surface area contributed by atoms with E-state index in [1.807, 2.05) is 36.4 Å². The highest BCUT2D eigenvalue weighted by Crippen LogP contribution is 2.44. The average molecular weight is 471 g/mol. The topological polar surface area (TPSA) is 95.9 Å². The Labute approximate surface area is 203 Å². The lowest BCUT2D eigenvalue weighted by Crippen LogP contribution is -2.47. The zero-order chi connectivity index (χ0) is 24.5. The Kier molecular flexibility index (Phi) is 5.99. The summed E-state index contributed by atoms with van der Waals surface area (Å²) in [6, 6.07) is 22.4. The van der Waals surface area contributed by atoms with E-state index in [2.05, 4.69) is 29.6 Å². The number of amides is 2. The van der Waals surface area contributed by atoms with Crippen LogP contribution in [-0.2, 0) is 20.7 Å². The van der Waals surface area contributed by atoms with Crippen LogP contribution in [0.4, 0.5) is 10.5 Å². The van der Waals surface area contributed by atoms with Crippen LogP contribution in [0.1, 0.15) is 29.5 Å². The van der Waals surface area contributed by atoms with Gasteiger partial charge in [0.15, 0.2) is 0 Å². The SMILES string of the molecule is CC(CNC(=O)OCC1c2ccccc2-c2ccccc21)C(=O)N1c2ccccc2CC1C(=O)O. The maximum atomic E-state index is 13.1. The standard InChI is InChI=1S/C28H26N2O5/c1-17(26(31)30-24-13-7-2-8-18(24)14-25(30)27(32)33)15-29-28(34)35-16-23-21-11-5-3-9-19(21)20-10-4-6-12-22(20)23/h2-13,17,23,25H,14-16H2,1H3,(H,29,34)(H,32,33). The Morgan fingerprint density at radius 2 is 1.57 bits per heavy atom. The van der Waals surface area contributed by atoms with Crippen LogP contribution < -0.4 is 10.2 Å². The molecule has 2 amide bonds. The van der Waals surface area contributed by atoms with Crippen LogP contribution in [0.5, 0.6) is 0 Å². The lowest BCUT2D eigenvalue weighted by Gasteiger charge is -2.26. The maximum absolute atomic E-state index is 13.1. The molecule has 0 aromatic heterocycles. The Morgan fingerprint density at radius 3 is 2.23 bits per heavy atom. The second-order valence-corrected chi connectivity index (χ2v) is 9.00. The molecular formula is C28H26N2O5. The Morgan fingerprint density at radius 1 is 0.971 bits per heavy atom. The van der Waals surface area contributed by atoms with Gasteiger partial charge in [-0.2, -0.15) is 0 Å². The summed E-state index contributed by atoms with van der Waals surface area (Å²) in [4.78, 5) is 38.7. The first-order valence-electron chi connectivity index (χ1n) is 11.7. The fraction of sp³-hybridized carbons (Fsp3) is 0.250. The molecule has 0 radical (unpaired) electrons. The van der Waals surface area contributed by atoms with Crippen molar-refractivity contribution in [3.05, 3.63) is 89.5 Å². The number of nitrogens with zero attached hydrogens (tertiary/aromatic N) is 1. The number of nitrogens with one attached hydrogen (secondary N) is 1. The lowest BCUT2D eigenvalue weighted by atomic mass is 9.98. The van der Waals surface area contributed by atoms with Gasteiger partial charge in [-0.15, -0.1) is 0 Å². The smallest absolute Gasteiger partial charge is 0.407 e. The van der Waals surface area contributed by atoms with Crippen LogP contribution >= 0.6 is 0 Å². The van der Waals surface area contributed by atoms with E-state index in [1.54, 1.807) is 19.1 Å². The van der Waals surface area contributed by atoms with Crippen LogP contribution in [0.3, 0.4) is 0 Å². The summed E-state index contributed by atoms with van der Waals surface area (Å²) in [7, 11) is 0. The van der Waals surface area contributed by atoms with Gasteiger partial charge in [-0.3, -0.25) is 9.69 Å². The predicted molar refractivity (Wildman–Crippen MR) is 131 cm³/mol. The van der Waals surface area contributed by atoms with E-state index >= 15 is 0 Å². The zero-order valence-corrected chi connectivity index (χ0v) is 19.3. The second kappa shape index (κ2) is 9.25. The van der Waals surface area contributed by atoms with Crippen molar-refractivity contribution in [2.24, 2.45) is 5.92 Å². The number of para-hydroxylation sites is 1. The number of carboxylic acids is 1. The first kappa shape index (κ1) is 22.7. The molecule has 3 aromatic carbocycles. The molecule has 2 aliphatic rings. The minimum atomic E-state index is -1.05. The molecule has 7 nitrogen and oxygen atoms in total. The molecule has 3 aromatic rings. The highest BCUT2D eigenvalue weighted by atomic mass is 16.5. The molecule has 7 heteroatoms. The predicted octanol–water partition coefficient (Wildman–Crippen LogP) is 4.20. The number of alkyl carbamates (subject to hydrolysis) is 1. The van der Waals surface area contributed by atoms with Crippen molar-refractivity contribution in [1.82, 2.24) is 5.32 Å². The van der Waals surface area contributed by atoms with Crippen LogP contribution in [0.25, 0.3) is 11.1 Å². The number of rotatable bonds is 6. The first-order valence-corrected chi connectivity index (χ1v) is 11.7. The summed E-state index contributed by atoms with van der Waals surface area (Å²) in [5, 5.41) is 12.3. The molecule has 35 heavy (non-hydrogen) atoms. The van der Waals surface area contributed by atoms with Crippen molar-refractivity contribution in [2.75, 3.05) is 18.1 Å². The van der Waals surface area contributed by atoms with E-state index in [1.165, 1.54) is 4.90 Å². The summed E-state index contributed by atoms with van der Waals surface area (Å²) in [6.07, 6.45) is -0.341. The number of carbonyl (C=O) groups excluding carboxylic acids is 2. The van der Waals surface area contributed by atoms with Crippen molar-refractivity contribution in [3.8, 4) is 11.1 Å². The van der Waals surface area contributed by atoms with E-state index in [9.17, 15) is 19.5 Å². The van der Waals surface area contributed by atoms with Crippen molar-refractivity contribution >= 4 is 23.7 Å². The van der Waals surface area contributed by atoms with Gasteiger partial charge < -0.3 is 15.2 Å². The van der Waals surface area contributed by atoms with E-state index < -0.39 is 24.0 Å². The molecule has 1 aliphatic carbocycles. The molecular weight excluding hydrogens is 444 g/mol. The number of anilines is 1. The molecule has 0 bridgehead atoms. The Bertz CT molecular complexity index is 1260. The van der Waals surface area contributed by atoms with Crippen LogP contribution in [0, 0.1) is 5.92 Å². The van der Waals surface area contributed by atoms with Gasteiger partial charge in [0, 0.05) is 24.6 Å². The van der Waals surface area contributed by atoms with Gasteiger partial charge in [0.25, 0.3) is 0 Å². The molecule has 1 aliphatic heterocycles. The summed E-state index contributed by atoms with van der Waals surface area (Å²) in [6.45, 7) is 1.90. The monoisotopic (exact) mass is 470 g/mol. The van der Waals surface area contributed by atoms with E-state index in [4.69, 9.17) is 4.74 Å². The summed E-state index contributed by atoms with van der Waals surface area (Å²) < 4.78 is 5.54. The van der Waals surface area contributed by atoms with Gasteiger partial charge in [-0.1, -0.05) is 73.7 Å². The number of benzene rings is 3. The van der Waals surface area contributed by atoms with E-state index in [0.29, 0.717) is 5.69 Å². The molecule has 0 saturated carbocycles. The Hall–Kier alpha value is -4.13. The van der Waals surface area contributed by atoms with Gasteiger partial charge in [-0.25, -0.2) is 9.59 Å². The molecule has 2 N–H and O–H groups in total. The fourth-order valence-electron chi connectivity index (χ4n) is 5.07. The summed E-state index contributed by atoms with van der Waals surface area (Å²) in [5.74, 6) is -2.07. The zero-order valence-electron chi connectivity index (χ0n) is 19.3. The molecule has 0 spiro atoms. The van der Waals surface area contributed by atoms with E-state index in [-0.39, 0.29) is 31.4 Å². The van der Waals surface area contributed by atoms with Gasteiger partial charge in [-0.05, 0) is 33.9 Å². The number of carbonyl (C=O) groups is 3. The third-order valence-electron chi connectivity index (χ3n) is 6.82. The Balaban J connectivity index is 1.20. The highest BCUT2D eigenvalue weighted by molar-refractivity contribution is 6.03. The highest BCUT2D eigenvalue weighted by Gasteiger charge is 2.39. The molecule has 178 valence electrons. The second-order valence-electron chi connectivity index (χ2n) is 9.00. The largest absolute Gasteiger partial charge is 0.480 e. The van der Waals surface area contributed by atoms with Gasteiger partial charge in [0.05, 0.1) is 5.92 Å². The molecule has 2 atom stereocenters. The number of aliphatic carboxylic acids is 1. The average Bonchev–Trinajstić information content (AvgIpc) is 3.42. The van der Waals surface area contributed by atoms with Crippen molar-refractivity contribution in [3.63, 3.8) is 0 Å². The first-order chi connectivity index (χ1) is 17.0. The van der Waals surface area contributed by atoms with Crippen LogP contribution in [-0.4, -0.2) is 42.3 Å². The fourth-order valence-corrected chi connectivity index (χ4v) is 5.07. The van der Waals surface area contributed by atoms with Crippen molar-refractivity contribution < 1.29 is 24.2 Å². The number of ether oxygens (including phenoxy) is 1. The number of fused-ring (bicyclic) bond motifs is 4. The van der Waals surface area contributed by atoms with Gasteiger partial charge >= 0.3 is 12.1 Å². The summed E-state index contributed by atoms with van der Waals surface area (Å²) in [5.41, 5.74) is 5.98. The van der Waals surface area contributed by atoms with Gasteiger partial charge in [0.2, 0.25) is 5.91 Å². The van der Waals surface area contributed by atoms with E-state index in [0.717, 1.165) is 27.8 Å². The third-order valence-corrected chi connectivity index (χ3v) is 6.82. The third kappa shape index (κ3) is 4.14. The number of hydrogen-bond donors (Lipinski definition) is 2. The quantitative estimate of drug-likeness (QED) is 0.563. The lowest BCUT2D eigenvalue weighted by molar-refractivity contribution is -0.140. The maximum Gasteiger partial charge on any atom is 0.407 e. The van der Waals surface area contributed by atoms with Gasteiger partial charge in [0.1, 0.15) is 12.6 Å². The van der Waals surface area contributed by atoms with Crippen molar-refractivity contribution in [1.29, 1.82) is 0 Å². The van der Waals surface area contributed by atoms with Crippen LogP contribution in [0.2, 0.25) is 0 Å². The number of carboxylic acid groups (broad SMARTS) is 1. The number of hydrogen-bond acceptors (Lipinski definition) is 4. The minimum absolute atomic E-state index is 0.0422. The normalized spacial score (nSPS) is 16.7. The summed E-state index contributed by atoms with van der Waals surface area (Å²) >= 11 is 0. The van der Waals surface area contributed by atoms with Crippen molar-refractivity contribution in [2.45, 2.75) is 25.3 Å². The van der Waals surface area contributed by atoms with Crippen LogP contribution in [0.15, 0.2) is 72.8 Å². The molecule has 1 heterocycles. The molecule has 5 rings (SSSR count). The molecule has 0 fully saturated rings. The molecule has 2 unspecified atom stereocenters.